The molecule has 1 aromatic rings. The number of amides is 1. The van der Waals surface area contributed by atoms with Crippen molar-refractivity contribution in [2.75, 3.05) is 17.2 Å². The fraction of sp³-hybridized carbons (Fsp3) is 0.412. The van der Waals surface area contributed by atoms with Crippen molar-refractivity contribution < 1.29 is 4.79 Å². The maximum absolute atomic E-state index is 12.3. The van der Waals surface area contributed by atoms with Crippen LogP contribution >= 0.6 is 12.2 Å². The van der Waals surface area contributed by atoms with Crippen LogP contribution in [0.3, 0.4) is 0 Å². The lowest BCUT2D eigenvalue weighted by atomic mass is 9.87. The lowest BCUT2D eigenvalue weighted by Crippen LogP contribution is -2.30. The molecule has 120 valence electrons. The molecule has 0 unspecified atom stereocenters. The fourth-order valence-corrected chi connectivity index (χ4v) is 2.25. The summed E-state index contributed by atoms with van der Waals surface area (Å²) in [5, 5.41) is 9.56. The van der Waals surface area contributed by atoms with E-state index in [1.807, 2.05) is 38.1 Å². The number of carbonyl (C=O) groups is 1. The summed E-state index contributed by atoms with van der Waals surface area (Å²) in [5.74, 6) is 0.0267. The molecule has 0 heterocycles. The highest BCUT2D eigenvalue weighted by atomic mass is 32.1. The molecule has 1 amide bonds. The summed E-state index contributed by atoms with van der Waals surface area (Å²) < 4.78 is 0. The summed E-state index contributed by atoms with van der Waals surface area (Å²) in [6.07, 6.45) is 3.57. The molecule has 0 fully saturated rings. The molecule has 0 atom stereocenters. The van der Waals surface area contributed by atoms with Gasteiger partial charge in [0, 0.05) is 23.3 Å². The zero-order valence-corrected chi connectivity index (χ0v) is 14.3. The summed E-state index contributed by atoms with van der Waals surface area (Å²) in [6.45, 7) is 10.2. The van der Waals surface area contributed by atoms with Crippen LogP contribution in [0.5, 0.6) is 0 Å². The molecule has 0 aliphatic carbocycles. The van der Waals surface area contributed by atoms with Crippen molar-refractivity contribution in [1.82, 2.24) is 5.32 Å². The van der Waals surface area contributed by atoms with E-state index in [-0.39, 0.29) is 11.3 Å². The van der Waals surface area contributed by atoms with Crippen LogP contribution in [0.1, 0.15) is 33.6 Å². The first-order valence-electron chi connectivity index (χ1n) is 7.46. The number of thiocarbonyl (C=S) groups is 1. The highest BCUT2D eigenvalue weighted by Crippen LogP contribution is 2.25. The molecule has 0 aliphatic rings. The van der Waals surface area contributed by atoms with Crippen LogP contribution in [0.4, 0.5) is 11.4 Å². The second-order valence-electron chi connectivity index (χ2n) is 5.79. The first-order valence-corrected chi connectivity index (χ1v) is 7.87. The van der Waals surface area contributed by atoms with E-state index in [2.05, 4.69) is 29.5 Å². The zero-order chi connectivity index (χ0) is 16.6. The number of hydrogen-bond acceptors (Lipinski definition) is 2. The predicted molar refractivity (Wildman–Crippen MR) is 98.2 cm³/mol. The van der Waals surface area contributed by atoms with Crippen LogP contribution in [0.2, 0.25) is 0 Å². The maximum atomic E-state index is 12.3. The molecule has 0 saturated carbocycles. The van der Waals surface area contributed by atoms with Gasteiger partial charge in [-0.3, -0.25) is 4.79 Å². The van der Waals surface area contributed by atoms with Gasteiger partial charge in [-0.15, -0.1) is 6.58 Å². The Hall–Kier alpha value is -1.88. The van der Waals surface area contributed by atoms with E-state index in [9.17, 15) is 4.79 Å². The molecule has 22 heavy (non-hydrogen) atoms. The molecule has 1 aromatic carbocycles. The molecule has 0 spiro atoms. The molecule has 1 rings (SSSR count). The van der Waals surface area contributed by atoms with E-state index in [0.29, 0.717) is 11.7 Å². The van der Waals surface area contributed by atoms with Crippen molar-refractivity contribution in [3.8, 4) is 0 Å². The largest absolute Gasteiger partial charge is 0.359 e. The summed E-state index contributed by atoms with van der Waals surface area (Å²) in [5.41, 5.74) is 1.21. The smallest absolute Gasteiger partial charge is 0.230 e. The average Bonchev–Trinajstić information content (AvgIpc) is 2.45. The topological polar surface area (TPSA) is 53.2 Å². The van der Waals surface area contributed by atoms with Gasteiger partial charge in [0.2, 0.25) is 5.91 Å². The van der Waals surface area contributed by atoms with Gasteiger partial charge in [-0.05, 0) is 36.8 Å². The highest BCUT2D eigenvalue weighted by Gasteiger charge is 2.26. The lowest BCUT2D eigenvalue weighted by Gasteiger charge is -2.23. The van der Waals surface area contributed by atoms with Gasteiger partial charge in [-0.25, -0.2) is 0 Å². The van der Waals surface area contributed by atoms with Crippen molar-refractivity contribution >= 4 is 34.6 Å². The van der Waals surface area contributed by atoms with Gasteiger partial charge >= 0.3 is 0 Å². The Morgan fingerprint density at radius 2 is 1.95 bits per heavy atom. The van der Waals surface area contributed by atoms with Crippen molar-refractivity contribution in [3.63, 3.8) is 0 Å². The monoisotopic (exact) mass is 319 g/mol. The second-order valence-corrected chi connectivity index (χ2v) is 6.20. The SMILES string of the molecule is C=CCNC(=S)Nc1cccc(NC(=O)C(C)(C)CCC)c1. The molecule has 4 nitrogen and oxygen atoms in total. The third-order valence-electron chi connectivity index (χ3n) is 3.27. The Balaban J connectivity index is 2.70. The Labute approximate surface area is 138 Å². The van der Waals surface area contributed by atoms with Crippen molar-refractivity contribution in [2.24, 2.45) is 5.41 Å². The minimum atomic E-state index is -0.376. The van der Waals surface area contributed by atoms with Crippen LogP contribution in [-0.4, -0.2) is 17.6 Å². The van der Waals surface area contributed by atoms with Crippen molar-refractivity contribution in [2.45, 2.75) is 33.6 Å². The van der Waals surface area contributed by atoms with Gasteiger partial charge in [-0.2, -0.15) is 0 Å². The molecular formula is C17H25N3OS. The molecular weight excluding hydrogens is 294 g/mol. The molecule has 0 saturated heterocycles. The highest BCUT2D eigenvalue weighted by molar-refractivity contribution is 7.80. The number of hydrogen-bond donors (Lipinski definition) is 3. The first-order chi connectivity index (χ1) is 10.4. The Morgan fingerprint density at radius 3 is 2.55 bits per heavy atom. The third-order valence-corrected chi connectivity index (χ3v) is 3.52. The fourth-order valence-electron chi connectivity index (χ4n) is 2.05. The number of anilines is 2. The van der Waals surface area contributed by atoms with E-state index >= 15 is 0 Å². The van der Waals surface area contributed by atoms with E-state index in [4.69, 9.17) is 12.2 Å². The quantitative estimate of drug-likeness (QED) is 0.526. The maximum Gasteiger partial charge on any atom is 0.230 e. The average molecular weight is 319 g/mol. The predicted octanol–water partition coefficient (Wildman–Crippen LogP) is 3.92. The number of benzene rings is 1. The van der Waals surface area contributed by atoms with E-state index in [0.717, 1.165) is 24.2 Å². The number of rotatable bonds is 7. The van der Waals surface area contributed by atoms with Crippen LogP contribution in [-0.2, 0) is 4.79 Å². The number of nitrogens with one attached hydrogen (secondary N) is 3. The minimum absolute atomic E-state index is 0.0267. The third kappa shape index (κ3) is 5.85. The summed E-state index contributed by atoms with van der Waals surface area (Å²) in [4.78, 5) is 12.3. The van der Waals surface area contributed by atoms with Gasteiger partial charge in [0.25, 0.3) is 0 Å². The molecule has 5 heteroatoms. The van der Waals surface area contributed by atoms with Gasteiger partial charge < -0.3 is 16.0 Å². The first kappa shape index (κ1) is 18.2. The lowest BCUT2D eigenvalue weighted by molar-refractivity contribution is -0.124. The Bertz CT molecular complexity index is 540. The van der Waals surface area contributed by atoms with Crippen LogP contribution in [0.15, 0.2) is 36.9 Å². The van der Waals surface area contributed by atoms with E-state index in [1.54, 1.807) is 6.08 Å². The molecule has 0 radical (unpaired) electrons. The minimum Gasteiger partial charge on any atom is -0.359 e. The molecule has 0 aromatic heterocycles. The Kier molecular flexibility index (Phi) is 7.05. The van der Waals surface area contributed by atoms with Crippen LogP contribution in [0.25, 0.3) is 0 Å². The summed E-state index contributed by atoms with van der Waals surface area (Å²) in [6, 6.07) is 7.50. The summed E-state index contributed by atoms with van der Waals surface area (Å²) >= 11 is 5.17. The summed E-state index contributed by atoms with van der Waals surface area (Å²) in [7, 11) is 0. The van der Waals surface area contributed by atoms with Gasteiger partial charge in [-0.1, -0.05) is 39.3 Å². The van der Waals surface area contributed by atoms with Gasteiger partial charge in [0.15, 0.2) is 5.11 Å². The number of carbonyl (C=O) groups excluding carboxylic acids is 1. The standard InChI is InChI=1S/C17H25N3OS/c1-5-10-17(3,4)15(21)19-13-8-7-9-14(12-13)20-16(22)18-11-6-2/h6-9,12H,2,5,10-11H2,1,3-4H3,(H,19,21)(H2,18,20,22). The van der Waals surface area contributed by atoms with E-state index in [1.165, 1.54) is 0 Å². The zero-order valence-electron chi connectivity index (χ0n) is 13.5. The van der Waals surface area contributed by atoms with Crippen molar-refractivity contribution in [3.05, 3.63) is 36.9 Å². The van der Waals surface area contributed by atoms with Crippen LogP contribution in [0, 0.1) is 5.41 Å². The second kappa shape index (κ2) is 8.54. The van der Waals surface area contributed by atoms with Gasteiger partial charge in [0.05, 0.1) is 0 Å². The van der Waals surface area contributed by atoms with Crippen LogP contribution < -0.4 is 16.0 Å². The van der Waals surface area contributed by atoms with Crippen molar-refractivity contribution in [1.29, 1.82) is 0 Å². The molecule has 0 aliphatic heterocycles. The Morgan fingerprint density at radius 1 is 1.32 bits per heavy atom. The molecule has 0 bridgehead atoms. The molecule has 3 N–H and O–H groups in total. The van der Waals surface area contributed by atoms with E-state index < -0.39 is 0 Å². The van der Waals surface area contributed by atoms with Gasteiger partial charge in [0.1, 0.15) is 0 Å². The normalized spacial score (nSPS) is 10.7.